The predicted molar refractivity (Wildman–Crippen MR) is 69.2 cm³/mol. The van der Waals surface area contributed by atoms with Crippen LogP contribution in [-0.4, -0.2) is 33.0 Å². The van der Waals surface area contributed by atoms with E-state index in [-0.39, 0.29) is 0 Å². The minimum Gasteiger partial charge on any atom is -0.480 e. The number of pyridine rings is 1. The minimum absolute atomic E-state index is 0.655. The van der Waals surface area contributed by atoms with E-state index < -0.39 is 11.5 Å². The lowest BCUT2D eigenvalue weighted by Gasteiger charge is -2.37. The van der Waals surface area contributed by atoms with E-state index in [0.29, 0.717) is 6.54 Å². The highest BCUT2D eigenvalue weighted by molar-refractivity contribution is 5.79. The quantitative estimate of drug-likeness (QED) is 0.868. The molecule has 4 nitrogen and oxygen atoms in total. The second kappa shape index (κ2) is 5.48. The maximum absolute atomic E-state index is 11.7. The van der Waals surface area contributed by atoms with Crippen molar-refractivity contribution in [1.82, 2.24) is 9.88 Å². The zero-order valence-electron chi connectivity index (χ0n) is 10.8. The summed E-state index contributed by atoms with van der Waals surface area (Å²) in [5, 5.41) is 9.59. The maximum Gasteiger partial charge on any atom is 0.324 e. The number of aromatic nitrogens is 1. The van der Waals surface area contributed by atoms with Crippen molar-refractivity contribution in [1.29, 1.82) is 0 Å². The topological polar surface area (TPSA) is 53.4 Å². The van der Waals surface area contributed by atoms with Crippen molar-refractivity contribution in [2.45, 2.75) is 44.7 Å². The Bertz CT molecular complexity index is 400. The highest BCUT2D eigenvalue weighted by Crippen LogP contribution is 2.36. The number of rotatable bonds is 5. The van der Waals surface area contributed by atoms with Gasteiger partial charge in [-0.15, -0.1) is 0 Å². The van der Waals surface area contributed by atoms with E-state index >= 15 is 0 Å². The van der Waals surface area contributed by atoms with Crippen LogP contribution in [0.25, 0.3) is 0 Å². The van der Waals surface area contributed by atoms with Crippen LogP contribution in [0.4, 0.5) is 0 Å². The van der Waals surface area contributed by atoms with Crippen LogP contribution < -0.4 is 0 Å². The lowest BCUT2D eigenvalue weighted by atomic mass is 9.94. The monoisotopic (exact) mass is 248 g/mol. The molecule has 1 aromatic rings. The Morgan fingerprint density at radius 3 is 2.50 bits per heavy atom. The SMILES string of the molecule is CCN(Cc1ccncc1)C1(C(=O)O)CCCC1. The van der Waals surface area contributed by atoms with E-state index in [2.05, 4.69) is 9.88 Å². The number of carboxylic acid groups (broad SMARTS) is 1. The van der Waals surface area contributed by atoms with Crippen molar-refractivity contribution < 1.29 is 9.90 Å². The minimum atomic E-state index is -0.670. The van der Waals surface area contributed by atoms with Gasteiger partial charge in [-0.25, -0.2) is 0 Å². The van der Waals surface area contributed by atoms with Gasteiger partial charge in [0.1, 0.15) is 5.54 Å². The number of likely N-dealkylation sites (N-methyl/N-ethyl adjacent to an activating group) is 1. The maximum atomic E-state index is 11.7. The van der Waals surface area contributed by atoms with E-state index in [1.165, 1.54) is 0 Å². The Morgan fingerprint density at radius 2 is 2.00 bits per heavy atom. The highest BCUT2D eigenvalue weighted by Gasteiger charge is 2.45. The zero-order valence-corrected chi connectivity index (χ0v) is 10.8. The summed E-state index contributed by atoms with van der Waals surface area (Å²) in [6.07, 6.45) is 7.07. The molecule has 0 unspecified atom stereocenters. The number of hydrogen-bond acceptors (Lipinski definition) is 3. The van der Waals surface area contributed by atoms with Gasteiger partial charge in [0, 0.05) is 18.9 Å². The standard InChI is InChI=1S/C14H20N2O2/c1-2-16(11-12-5-9-15-10-6-12)14(13(17)18)7-3-4-8-14/h5-6,9-10H,2-4,7-8,11H2,1H3,(H,17,18). The molecule has 1 N–H and O–H groups in total. The smallest absolute Gasteiger partial charge is 0.324 e. The van der Waals surface area contributed by atoms with Crippen LogP contribution >= 0.6 is 0 Å². The second-order valence-corrected chi connectivity index (χ2v) is 4.91. The predicted octanol–water partition coefficient (Wildman–Crippen LogP) is 2.30. The first-order valence-corrected chi connectivity index (χ1v) is 6.56. The first kappa shape index (κ1) is 13.0. The Kier molecular flexibility index (Phi) is 3.97. The van der Waals surface area contributed by atoms with Crippen LogP contribution in [-0.2, 0) is 11.3 Å². The molecule has 18 heavy (non-hydrogen) atoms. The molecule has 0 saturated heterocycles. The van der Waals surface area contributed by atoms with Gasteiger partial charge in [-0.3, -0.25) is 14.7 Å². The van der Waals surface area contributed by atoms with Crippen molar-refractivity contribution in [3.63, 3.8) is 0 Å². The molecule has 1 aromatic heterocycles. The summed E-state index contributed by atoms with van der Waals surface area (Å²) in [5.74, 6) is -0.670. The van der Waals surface area contributed by atoms with Crippen LogP contribution in [0.15, 0.2) is 24.5 Å². The zero-order chi connectivity index (χ0) is 13.0. The lowest BCUT2D eigenvalue weighted by Crippen LogP contribution is -2.52. The molecule has 1 heterocycles. The molecule has 0 aromatic carbocycles. The summed E-state index contributed by atoms with van der Waals surface area (Å²) >= 11 is 0. The summed E-state index contributed by atoms with van der Waals surface area (Å²) in [6.45, 7) is 3.48. The molecule has 1 aliphatic carbocycles. The average molecular weight is 248 g/mol. The summed E-state index contributed by atoms with van der Waals surface area (Å²) in [4.78, 5) is 17.7. The van der Waals surface area contributed by atoms with Crippen molar-refractivity contribution in [2.24, 2.45) is 0 Å². The Hall–Kier alpha value is -1.42. The van der Waals surface area contributed by atoms with Crippen LogP contribution in [0.2, 0.25) is 0 Å². The summed E-state index contributed by atoms with van der Waals surface area (Å²) in [6, 6.07) is 3.90. The molecule has 0 amide bonds. The molecule has 0 atom stereocenters. The third kappa shape index (κ3) is 2.38. The summed E-state index contributed by atoms with van der Waals surface area (Å²) in [5.41, 5.74) is 0.470. The number of aliphatic carboxylic acids is 1. The van der Waals surface area contributed by atoms with Gasteiger partial charge < -0.3 is 5.11 Å². The van der Waals surface area contributed by atoms with Gasteiger partial charge in [0.2, 0.25) is 0 Å². The molecule has 4 heteroatoms. The number of carbonyl (C=O) groups is 1. The van der Waals surface area contributed by atoms with E-state index in [4.69, 9.17) is 0 Å². The summed E-state index contributed by atoms with van der Waals surface area (Å²) < 4.78 is 0. The average Bonchev–Trinajstić information content (AvgIpc) is 2.87. The van der Waals surface area contributed by atoms with Crippen molar-refractivity contribution in [3.8, 4) is 0 Å². The Labute approximate surface area is 108 Å². The fourth-order valence-electron chi connectivity index (χ4n) is 2.90. The normalized spacial score (nSPS) is 18.1. The Balaban J connectivity index is 2.19. The van der Waals surface area contributed by atoms with Crippen LogP contribution in [0.1, 0.15) is 38.2 Å². The second-order valence-electron chi connectivity index (χ2n) is 4.91. The molecule has 1 fully saturated rings. The van der Waals surface area contributed by atoms with Crippen molar-refractivity contribution >= 4 is 5.97 Å². The van der Waals surface area contributed by atoms with Crippen LogP contribution in [0.5, 0.6) is 0 Å². The van der Waals surface area contributed by atoms with Crippen LogP contribution in [0, 0.1) is 0 Å². The number of carboxylic acids is 1. The van der Waals surface area contributed by atoms with E-state index in [9.17, 15) is 9.90 Å². The van der Waals surface area contributed by atoms with Gasteiger partial charge in [-0.1, -0.05) is 19.8 Å². The molecule has 2 rings (SSSR count). The fourth-order valence-corrected chi connectivity index (χ4v) is 2.90. The van der Waals surface area contributed by atoms with Gasteiger partial charge in [0.25, 0.3) is 0 Å². The molecule has 1 aliphatic rings. The lowest BCUT2D eigenvalue weighted by molar-refractivity contribution is -0.151. The molecular weight excluding hydrogens is 228 g/mol. The largest absolute Gasteiger partial charge is 0.480 e. The third-order valence-corrected chi connectivity index (χ3v) is 3.94. The van der Waals surface area contributed by atoms with E-state index in [0.717, 1.165) is 37.8 Å². The molecule has 0 radical (unpaired) electrons. The number of hydrogen-bond donors (Lipinski definition) is 1. The third-order valence-electron chi connectivity index (χ3n) is 3.94. The molecule has 1 saturated carbocycles. The summed E-state index contributed by atoms with van der Waals surface area (Å²) in [7, 11) is 0. The first-order valence-electron chi connectivity index (χ1n) is 6.56. The van der Waals surface area contributed by atoms with Gasteiger partial charge in [0.15, 0.2) is 0 Å². The van der Waals surface area contributed by atoms with E-state index in [1.54, 1.807) is 12.4 Å². The van der Waals surface area contributed by atoms with Gasteiger partial charge in [-0.05, 0) is 37.1 Å². The molecule has 0 aliphatic heterocycles. The van der Waals surface area contributed by atoms with E-state index in [1.807, 2.05) is 19.1 Å². The van der Waals surface area contributed by atoms with Gasteiger partial charge in [-0.2, -0.15) is 0 Å². The van der Waals surface area contributed by atoms with Crippen LogP contribution in [0.3, 0.4) is 0 Å². The molecule has 0 bridgehead atoms. The van der Waals surface area contributed by atoms with Gasteiger partial charge in [0.05, 0.1) is 0 Å². The highest BCUT2D eigenvalue weighted by atomic mass is 16.4. The molecule has 0 spiro atoms. The molecular formula is C14H20N2O2. The number of nitrogens with zero attached hydrogens (tertiary/aromatic N) is 2. The van der Waals surface area contributed by atoms with Gasteiger partial charge >= 0.3 is 5.97 Å². The fraction of sp³-hybridized carbons (Fsp3) is 0.571. The Morgan fingerprint density at radius 1 is 1.39 bits per heavy atom. The first-order chi connectivity index (χ1) is 8.69. The van der Waals surface area contributed by atoms with Crippen molar-refractivity contribution in [3.05, 3.63) is 30.1 Å². The van der Waals surface area contributed by atoms with Crippen molar-refractivity contribution in [2.75, 3.05) is 6.54 Å². The molecule has 98 valence electrons.